The number of hydrogen-bond acceptors (Lipinski definition) is 3. The van der Waals surface area contributed by atoms with Gasteiger partial charge < -0.3 is 9.64 Å². The molecule has 2 aliphatic rings. The molecule has 0 saturated carbocycles. The van der Waals surface area contributed by atoms with Crippen molar-refractivity contribution < 1.29 is 9.53 Å². The monoisotopic (exact) mass is 297 g/mol. The summed E-state index contributed by atoms with van der Waals surface area (Å²) in [6.07, 6.45) is 7.67. The summed E-state index contributed by atoms with van der Waals surface area (Å²) in [6, 6.07) is 1.01. The van der Waals surface area contributed by atoms with Crippen LogP contribution in [0.15, 0.2) is 12.4 Å². The van der Waals surface area contributed by atoms with Gasteiger partial charge in [-0.1, -0.05) is 11.6 Å². The van der Waals surface area contributed by atoms with Gasteiger partial charge in [0.15, 0.2) is 0 Å². The van der Waals surface area contributed by atoms with Crippen LogP contribution in [0.4, 0.5) is 0 Å². The normalized spacial score (nSPS) is 28.9. The van der Waals surface area contributed by atoms with Gasteiger partial charge in [-0.3, -0.25) is 9.48 Å². The smallest absolute Gasteiger partial charge is 0.249 e. The molecule has 2 fully saturated rings. The molecule has 2 unspecified atom stereocenters. The number of rotatable bonds is 4. The summed E-state index contributed by atoms with van der Waals surface area (Å²) in [5, 5.41) is 4.99. The van der Waals surface area contributed by atoms with E-state index in [9.17, 15) is 4.79 Å². The van der Waals surface area contributed by atoms with Crippen LogP contribution in [0.2, 0.25) is 5.02 Å². The van der Waals surface area contributed by atoms with E-state index in [0.29, 0.717) is 29.8 Å². The molecule has 2 saturated heterocycles. The zero-order valence-electron chi connectivity index (χ0n) is 11.7. The molecule has 110 valence electrons. The van der Waals surface area contributed by atoms with Gasteiger partial charge in [-0.15, -0.1) is 0 Å². The molecule has 0 radical (unpaired) electrons. The Bertz CT molecular complexity index is 477. The van der Waals surface area contributed by atoms with E-state index in [0.717, 1.165) is 25.7 Å². The fourth-order valence-electron chi connectivity index (χ4n) is 3.55. The van der Waals surface area contributed by atoms with Crippen LogP contribution in [0, 0.1) is 0 Å². The number of hydrogen-bond donors (Lipinski definition) is 0. The highest BCUT2D eigenvalue weighted by Crippen LogP contribution is 2.40. The third-order valence-electron chi connectivity index (χ3n) is 4.37. The summed E-state index contributed by atoms with van der Waals surface area (Å²) in [5.41, 5.74) is 0. The van der Waals surface area contributed by atoms with Gasteiger partial charge in [0, 0.05) is 24.9 Å². The number of ether oxygens (including phenoxy) is 1. The maximum Gasteiger partial charge on any atom is 0.249 e. The third kappa shape index (κ3) is 2.56. The number of amides is 1. The van der Waals surface area contributed by atoms with Gasteiger partial charge in [0.05, 0.1) is 17.3 Å². The van der Waals surface area contributed by atoms with Crippen molar-refractivity contribution in [3.05, 3.63) is 17.4 Å². The van der Waals surface area contributed by atoms with Crippen molar-refractivity contribution in [1.29, 1.82) is 0 Å². The Kier molecular flexibility index (Phi) is 3.98. The molecule has 6 heteroatoms. The average Bonchev–Trinajstić information content (AvgIpc) is 2.98. The molecule has 1 aromatic rings. The first kappa shape index (κ1) is 13.9. The maximum atomic E-state index is 12.2. The van der Waals surface area contributed by atoms with E-state index in [1.165, 1.54) is 0 Å². The highest BCUT2D eigenvalue weighted by molar-refractivity contribution is 6.30. The van der Waals surface area contributed by atoms with Gasteiger partial charge in [-0.25, -0.2) is 0 Å². The van der Waals surface area contributed by atoms with Crippen LogP contribution in [0.5, 0.6) is 0 Å². The van der Waals surface area contributed by atoms with Crippen LogP contribution in [-0.4, -0.2) is 45.9 Å². The molecule has 3 heterocycles. The first-order chi connectivity index (χ1) is 9.69. The second-order valence-electron chi connectivity index (χ2n) is 5.59. The fraction of sp³-hybridized carbons (Fsp3) is 0.714. The van der Waals surface area contributed by atoms with Crippen molar-refractivity contribution in [1.82, 2.24) is 14.7 Å². The molecule has 0 spiro atoms. The van der Waals surface area contributed by atoms with Crippen LogP contribution in [0.3, 0.4) is 0 Å². The molecule has 3 rings (SSSR count). The zero-order chi connectivity index (χ0) is 14.1. The predicted molar refractivity (Wildman–Crippen MR) is 75.7 cm³/mol. The van der Waals surface area contributed by atoms with Gasteiger partial charge in [0.2, 0.25) is 5.91 Å². The van der Waals surface area contributed by atoms with Crippen molar-refractivity contribution in [2.24, 2.45) is 0 Å². The molecule has 1 aromatic heterocycles. The molecule has 2 aliphatic heterocycles. The maximum absolute atomic E-state index is 12.2. The van der Waals surface area contributed by atoms with Gasteiger partial charge in [0.25, 0.3) is 0 Å². The number of piperidine rings is 1. The number of fused-ring (bicyclic) bond motifs is 2. The van der Waals surface area contributed by atoms with Crippen molar-refractivity contribution >= 4 is 17.5 Å². The fourth-order valence-corrected chi connectivity index (χ4v) is 3.69. The first-order valence-corrected chi connectivity index (χ1v) is 7.65. The average molecular weight is 298 g/mol. The molecule has 0 aromatic carbocycles. The minimum atomic E-state index is 0.135. The lowest BCUT2D eigenvalue weighted by molar-refractivity contribution is -0.141. The van der Waals surface area contributed by atoms with E-state index in [4.69, 9.17) is 16.3 Å². The summed E-state index contributed by atoms with van der Waals surface area (Å²) in [7, 11) is 0. The number of nitrogens with zero attached hydrogens (tertiary/aromatic N) is 3. The SMILES string of the molecule is CCOCC(=O)N1C2CCC1CC(n1cc(Cl)cn1)C2. The number of halogens is 1. The van der Waals surface area contributed by atoms with Gasteiger partial charge in [-0.05, 0) is 32.6 Å². The summed E-state index contributed by atoms with van der Waals surface area (Å²) in [5.74, 6) is 0.135. The van der Waals surface area contributed by atoms with Gasteiger partial charge in [-0.2, -0.15) is 5.10 Å². The van der Waals surface area contributed by atoms with Gasteiger partial charge in [0.1, 0.15) is 6.61 Å². The minimum absolute atomic E-state index is 0.135. The molecular formula is C14H20ClN3O2. The van der Waals surface area contributed by atoms with E-state index in [-0.39, 0.29) is 12.5 Å². The Morgan fingerprint density at radius 3 is 2.65 bits per heavy atom. The standard InChI is InChI=1S/C14H20ClN3O2/c1-2-20-9-14(19)18-11-3-4-12(18)6-13(5-11)17-8-10(15)7-16-17/h7-8,11-13H,2-6,9H2,1H3. The minimum Gasteiger partial charge on any atom is -0.372 e. The van der Waals surface area contributed by atoms with Crippen LogP contribution in [0.1, 0.15) is 38.6 Å². The molecule has 5 nitrogen and oxygen atoms in total. The zero-order valence-corrected chi connectivity index (χ0v) is 12.4. The lowest BCUT2D eigenvalue weighted by Crippen LogP contribution is -2.48. The largest absolute Gasteiger partial charge is 0.372 e. The Morgan fingerprint density at radius 1 is 1.40 bits per heavy atom. The molecule has 0 N–H and O–H groups in total. The van der Waals surface area contributed by atoms with Crippen LogP contribution in [-0.2, 0) is 9.53 Å². The molecule has 2 atom stereocenters. The van der Waals surface area contributed by atoms with Crippen molar-refractivity contribution in [3.63, 3.8) is 0 Å². The van der Waals surface area contributed by atoms with Gasteiger partial charge >= 0.3 is 0 Å². The highest BCUT2D eigenvalue weighted by atomic mass is 35.5. The lowest BCUT2D eigenvalue weighted by Gasteiger charge is -2.39. The van der Waals surface area contributed by atoms with E-state index in [1.807, 2.05) is 17.8 Å². The van der Waals surface area contributed by atoms with Crippen molar-refractivity contribution in [2.45, 2.75) is 50.7 Å². The molecular weight excluding hydrogens is 278 g/mol. The van der Waals surface area contributed by atoms with Crippen LogP contribution < -0.4 is 0 Å². The Morgan fingerprint density at radius 2 is 2.10 bits per heavy atom. The lowest BCUT2D eigenvalue weighted by atomic mass is 9.97. The van der Waals surface area contributed by atoms with E-state index in [1.54, 1.807) is 6.20 Å². The number of aromatic nitrogens is 2. The topological polar surface area (TPSA) is 47.4 Å². The van der Waals surface area contributed by atoms with Crippen molar-refractivity contribution in [2.75, 3.05) is 13.2 Å². The summed E-state index contributed by atoms with van der Waals surface area (Å²) in [4.78, 5) is 14.3. The van der Waals surface area contributed by atoms with Crippen molar-refractivity contribution in [3.8, 4) is 0 Å². The third-order valence-corrected chi connectivity index (χ3v) is 4.57. The summed E-state index contributed by atoms with van der Waals surface area (Å²) in [6.45, 7) is 2.71. The number of carbonyl (C=O) groups excluding carboxylic acids is 1. The number of carbonyl (C=O) groups is 1. The molecule has 1 amide bonds. The molecule has 20 heavy (non-hydrogen) atoms. The Labute approximate surface area is 123 Å². The summed E-state index contributed by atoms with van der Waals surface area (Å²) >= 11 is 5.94. The molecule has 0 aliphatic carbocycles. The van der Waals surface area contributed by atoms with E-state index in [2.05, 4.69) is 10.00 Å². The second-order valence-corrected chi connectivity index (χ2v) is 6.02. The Balaban J connectivity index is 1.68. The predicted octanol–water partition coefficient (Wildman–Crippen LogP) is 2.27. The second kappa shape index (κ2) is 5.74. The highest BCUT2D eigenvalue weighted by Gasteiger charge is 2.43. The van der Waals surface area contributed by atoms with Crippen LogP contribution in [0.25, 0.3) is 0 Å². The Hall–Kier alpha value is -1.07. The molecule has 2 bridgehead atoms. The van der Waals surface area contributed by atoms with E-state index < -0.39 is 0 Å². The van der Waals surface area contributed by atoms with Crippen LogP contribution >= 0.6 is 11.6 Å². The quantitative estimate of drug-likeness (QED) is 0.856. The summed E-state index contributed by atoms with van der Waals surface area (Å²) < 4.78 is 7.22. The first-order valence-electron chi connectivity index (χ1n) is 7.27. The van der Waals surface area contributed by atoms with E-state index >= 15 is 0 Å².